The summed E-state index contributed by atoms with van der Waals surface area (Å²) in [5, 5.41) is 14.6. The average Bonchev–Trinajstić information content (AvgIpc) is 2.92. The number of carboxylic acid groups (broad SMARTS) is 1. The molecule has 0 bridgehead atoms. The Balaban J connectivity index is 2.22. The van der Waals surface area contributed by atoms with Crippen molar-refractivity contribution in [3.63, 3.8) is 0 Å². The Morgan fingerprint density at radius 1 is 1.08 bits per heavy atom. The number of carboxylic acids is 1. The molecule has 0 unspecified atom stereocenters. The molecule has 0 atom stereocenters. The summed E-state index contributed by atoms with van der Waals surface area (Å²) in [7, 11) is -3.80. The van der Waals surface area contributed by atoms with Crippen LogP contribution >= 0.6 is 15.9 Å². The van der Waals surface area contributed by atoms with E-state index in [1.807, 2.05) is 24.3 Å². The predicted molar refractivity (Wildman–Crippen MR) is 102 cm³/mol. The average molecular weight is 435 g/mol. The lowest BCUT2D eigenvalue weighted by molar-refractivity contribution is 0.0696. The normalized spacial score (nSPS) is 11.5. The van der Waals surface area contributed by atoms with Gasteiger partial charge >= 0.3 is 5.97 Å². The minimum atomic E-state index is -3.80. The molecule has 1 aromatic heterocycles. The first kappa shape index (κ1) is 18.4. The van der Waals surface area contributed by atoms with Gasteiger partial charge in [-0.15, -0.1) is 0 Å². The molecule has 26 heavy (non-hydrogen) atoms. The maximum absolute atomic E-state index is 11.6. The van der Waals surface area contributed by atoms with Crippen LogP contribution in [0.3, 0.4) is 0 Å². The van der Waals surface area contributed by atoms with Gasteiger partial charge in [0.05, 0.1) is 16.2 Å². The van der Waals surface area contributed by atoms with Gasteiger partial charge in [-0.25, -0.2) is 18.4 Å². The monoisotopic (exact) mass is 434 g/mol. The number of nitrogens with two attached hydrogens (primary N) is 1. The van der Waals surface area contributed by atoms with E-state index in [0.717, 1.165) is 10.0 Å². The third-order valence-corrected chi connectivity index (χ3v) is 5.50. The molecule has 3 aromatic rings. The Bertz CT molecular complexity index is 1090. The molecule has 0 aliphatic carbocycles. The van der Waals surface area contributed by atoms with Crippen molar-refractivity contribution in [2.45, 2.75) is 11.8 Å². The Kier molecular flexibility index (Phi) is 4.74. The van der Waals surface area contributed by atoms with Crippen LogP contribution in [0.2, 0.25) is 0 Å². The van der Waals surface area contributed by atoms with Crippen LogP contribution in [0.5, 0.6) is 0 Å². The largest absolute Gasteiger partial charge is 0.478 e. The first-order chi connectivity index (χ1) is 12.2. The van der Waals surface area contributed by atoms with Crippen LogP contribution in [0, 0.1) is 6.92 Å². The van der Waals surface area contributed by atoms with Gasteiger partial charge in [-0.2, -0.15) is 0 Å². The van der Waals surface area contributed by atoms with Crippen LogP contribution in [0.15, 0.2) is 64.0 Å². The molecule has 0 saturated heterocycles. The molecular weight excluding hydrogens is 420 g/mol. The Hall–Kier alpha value is -2.42. The van der Waals surface area contributed by atoms with Gasteiger partial charge in [0.15, 0.2) is 0 Å². The van der Waals surface area contributed by atoms with Gasteiger partial charge in [0.1, 0.15) is 0 Å². The summed E-state index contributed by atoms with van der Waals surface area (Å²) in [6, 6.07) is 15.1. The second kappa shape index (κ2) is 6.71. The number of carbonyl (C=O) groups is 1. The first-order valence-corrected chi connectivity index (χ1v) is 9.87. The maximum Gasteiger partial charge on any atom is 0.337 e. The van der Waals surface area contributed by atoms with Crippen LogP contribution in [0.4, 0.5) is 0 Å². The SMILES string of the molecule is Cc1c(C(=O)O)cc(-c2ccc(Br)cc2)n1-c1ccc(S(N)(=O)=O)cc1. The number of hydrogen-bond acceptors (Lipinski definition) is 3. The van der Waals surface area contributed by atoms with Crippen LogP contribution in [0.25, 0.3) is 16.9 Å². The van der Waals surface area contributed by atoms with E-state index in [0.29, 0.717) is 17.1 Å². The van der Waals surface area contributed by atoms with Gasteiger partial charge in [-0.1, -0.05) is 28.1 Å². The lowest BCUT2D eigenvalue weighted by Gasteiger charge is -2.13. The first-order valence-electron chi connectivity index (χ1n) is 7.53. The van der Waals surface area contributed by atoms with Gasteiger partial charge in [0, 0.05) is 15.9 Å². The summed E-state index contributed by atoms with van der Waals surface area (Å²) in [5.74, 6) is -1.03. The topological polar surface area (TPSA) is 102 Å². The molecule has 6 nitrogen and oxygen atoms in total. The molecule has 0 aliphatic rings. The van der Waals surface area contributed by atoms with E-state index in [-0.39, 0.29) is 10.5 Å². The second-order valence-electron chi connectivity index (χ2n) is 5.72. The Morgan fingerprint density at radius 3 is 2.15 bits per heavy atom. The summed E-state index contributed by atoms with van der Waals surface area (Å²) in [6.07, 6.45) is 0. The molecule has 0 saturated carbocycles. The Labute approximate surface area is 159 Å². The molecule has 3 N–H and O–H groups in total. The van der Waals surface area contributed by atoms with Crippen molar-refractivity contribution < 1.29 is 18.3 Å². The number of sulfonamides is 1. The van der Waals surface area contributed by atoms with Crippen molar-refractivity contribution in [3.05, 3.63) is 70.3 Å². The summed E-state index contributed by atoms with van der Waals surface area (Å²) in [6.45, 7) is 1.71. The zero-order valence-corrected chi connectivity index (χ0v) is 16.1. The van der Waals surface area contributed by atoms with Crippen molar-refractivity contribution in [2.75, 3.05) is 0 Å². The van der Waals surface area contributed by atoms with E-state index in [2.05, 4.69) is 15.9 Å². The van der Waals surface area contributed by atoms with Gasteiger partial charge in [-0.05, 0) is 55.0 Å². The molecule has 0 aliphatic heterocycles. The zero-order valence-electron chi connectivity index (χ0n) is 13.7. The second-order valence-corrected chi connectivity index (χ2v) is 8.19. The summed E-state index contributed by atoms with van der Waals surface area (Å²) in [4.78, 5) is 11.6. The van der Waals surface area contributed by atoms with Gasteiger partial charge < -0.3 is 9.67 Å². The van der Waals surface area contributed by atoms with Crippen LogP contribution in [-0.2, 0) is 10.0 Å². The van der Waals surface area contributed by atoms with Crippen molar-refractivity contribution in [1.82, 2.24) is 4.57 Å². The van der Waals surface area contributed by atoms with E-state index in [1.54, 1.807) is 29.7 Å². The molecule has 3 rings (SSSR count). The van der Waals surface area contributed by atoms with Gasteiger partial charge in [0.25, 0.3) is 0 Å². The van der Waals surface area contributed by atoms with Gasteiger partial charge in [0.2, 0.25) is 10.0 Å². The van der Waals surface area contributed by atoms with Crippen molar-refractivity contribution in [2.24, 2.45) is 5.14 Å². The maximum atomic E-state index is 11.6. The fraction of sp³-hybridized carbons (Fsp3) is 0.0556. The molecular formula is C18H15BrN2O4S. The highest BCUT2D eigenvalue weighted by molar-refractivity contribution is 9.10. The number of nitrogens with zero attached hydrogens (tertiary/aromatic N) is 1. The smallest absolute Gasteiger partial charge is 0.337 e. The molecule has 0 spiro atoms. The van der Waals surface area contributed by atoms with Crippen LogP contribution in [-0.4, -0.2) is 24.1 Å². The Morgan fingerprint density at radius 2 is 1.65 bits per heavy atom. The summed E-state index contributed by atoms with van der Waals surface area (Å²) < 4.78 is 25.6. The number of rotatable bonds is 4. The third-order valence-electron chi connectivity index (χ3n) is 4.04. The van der Waals surface area contributed by atoms with Crippen molar-refractivity contribution >= 4 is 31.9 Å². The number of aromatic carboxylic acids is 1. The van der Waals surface area contributed by atoms with Crippen LogP contribution < -0.4 is 5.14 Å². The lowest BCUT2D eigenvalue weighted by atomic mass is 10.1. The predicted octanol–water partition coefficient (Wildman–Crippen LogP) is 3.56. The minimum absolute atomic E-state index is 0.00490. The number of hydrogen-bond donors (Lipinski definition) is 2. The highest BCUT2D eigenvalue weighted by atomic mass is 79.9. The molecule has 1 heterocycles. The fourth-order valence-corrected chi connectivity index (χ4v) is 3.55. The number of aromatic nitrogens is 1. The van der Waals surface area contributed by atoms with E-state index in [4.69, 9.17) is 5.14 Å². The van der Waals surface area contributed by atoms with E-state index in [9.17, 15) is 18.3 Å². The quantitative estimate of drug-likeness (QED) is 0.654. The highest BCUT2D eigenvalue weighted by Gasteiger charge is 2.19. The minimum Gasteiger partial charge on any atom is -0.478 e. The van der Waals surface area contributed by atoms with Crippen LogP contribution in [0.1, 0.15) is 16.1 Å². The van der Waals surface area contributed by atoms with Crippen molar-refractivity contribution in [3.8, 4) is 16.9 Å². The molecule has 0 amide bonds. The third kappa shape index (κ3) is 3.44. The number of halogens is 1. The number of primary sulfonamides is 1. The van der Waals surface area contributed by atoms with Crippen molar-refractivity contribution in [1.29, 1.82) is 0 Å². The summed E-state index contributed by atoms with van der Waals surface area (Å²) in [5.41, 5.74) is 2.88. The van der Waals surface area contributed by atoms with Gasteiger partial charge in [-0.3, -0.25) is 0 Å². The van der Waals surface area contributed by atoms with E-state index in [1.165, 1.54) is 12.1 Å². The fourth-order valence-electron chi connectivity index (χ4n) is 2.77. The van der Waals surface area contributed by atoms with E-state index < -0.39 is 16.0 Å². The standard InChI is InChI=1S/C18H15BrN2O4S/c1-11-16(18(22)23)10-17(12-2-4-13(19)5-3-12)21(11)14-6-8-15(9-7-14)26(20,24)25/h2-10H,1H3,(H,22,23)(H2,20,24,25). The molecule has 134 valence electrons. The summed E-state index contributed by atoms with van der Waals surface area (Å²) >= 11 is 3.38. The molecule has 2 aromatic carbocycles. The molecule has 0 radical (unpaired) electrons. The highest BCUT2D eigenvalue weighted by Crippen LogP contribution is 2.30. The molecule has 8 heteroatoms. The number of benzene rings is 2. The molecule has 0 fully saturated rings. The zero-order chi connectivity index (χ0) is 19.1. The van der Waals surface area contributed by atoms with E-state index >= 15 is 0 Å². The lowest BCUT2D eigenvalue weighted by Crippen LogP contribution is -2.12.